The average molecular weight is 660 g/mol. The molecule has 2 aliphatic heterocycles. The van der Waals surface area contributed by atoms with E-state index in [-0.39, 0.29) is 12.9 Å². The second-order valence-corrected chi connectivity index (χ2v) is 17.9. The van der Waals surface area contributed by atoms with Crippen LogP contribution in [0.3, 0.4) is 0 Å². The Bertz CT molecular complexity index is 1130. The van der Waals surface area contributed by atoms with Crippen molar-refractivity contribution in [3.05, 3.63) is 33.4 Å². The Morgan fingerprint density at radius 3 is 2.29 bits per heavy atom. The number of carbonyl (C=O) groups excluding carboxylic acids is 2. The molecule has 11 heteroatoms. The number of hydrogen-bond acceptors (Lipinski definition) is 8. The third-order valence-corrected chi connectivity index (χ3v) is 11.5. The second kappa shape index (κ2) is 10.4. The lowest BCUT2D eigenvalue weighted by molar-refractivity contribution is -0.153. The summed E-state index contributed by atoms with van der Waals surface area (Å²) in [5.41, 5.74) is -0.133. The van der Waals surface area contributed by atoms with Crippen molar-refractivity contribution >= 4 is 42.9 Å². The van der Waals surface area contributed by atoms with Crippen LogP contribution in [0.25, 0.3) is 0 Å². The first-order valence-corrected chi connectivity index (χ1v) is 16.9. The van der Waals surface area contributed by atoms with Crippen molar-refractivity contribution in [2.45, 2.75) is 103 Å². The molecule has 0 saturated carbocycles. The molecule has 2 amide bonds. The SMILES string of the molecule is CC(C)[Si](C)(C)O[C@H]1C=C[C@@H](N(C(=O)OC(C)(C)C)C(=O)c2cc3c(cc2I)OCO3)[C@@H]2OC(C)(C)O[C@@H]21. The van der Waals surface area contributed by atoms with Gasteiger partial charge in [-0.05, 0) is 88.0 Å². The van der Waals surface area contributed by atoms with Crippen molar-refractivity contribution in [3.8, 4) is 11.5 Å². The molecule has 0 radical (unpaired) electrons. The number of halogens is 1. The largest absolute Gasteiger partial charge is 0.454 e. The van der Waals surface area contributed by atoms with Crippen molar-refractivity contribution in [1.82, 2.24) is 4.90 Å². The van der Waals surface area contributed by atoms with Gasteiger partial charge < -0.3 is 28.1 Å². The Kier molecular flexibility index (Phi) is 8.01. The predicted octanol–water partition coefficient (Wildman–Crippen LogP) is 5.86. The highest BCUT2D eigenvalue weighted by Crippen LogP contribution is 2.41. The number of rotatable bonds is 5. The molecule has 4 atom stereocenters. The van der Waals surface area contributed by atoms with Crippen molar-refractivity contribution in [1.29, 1.82) is 0 Å². The maximum absolute atomic E-state index is 14.1. The first-order valence-electron chi connectivity index (χ1n) is 12.9. The molecule has 1 aliphatic carbocycles. The normalized spacial score (nSPS) is 25.9. The van der Waals surface area contributed by atoms with Gasteiger partial charge in [0.1, 0.15) is 17.8 Å². The third kappa shape index (κ3) is 6.06. The summed E-state index contributed by atoms with van der Waals surface area (Å²) < 4.78 is 36.6. The number of nitrogens with zero attached hydrogens (tertiary/aromatic N) is 1. The van der Waals surface area contributed by atoms with Crippen LogP contribution in [-0.4, -0.2) is 67.8 Å². The van der Waals surface area contributed by atoms with Crippen LogP contribution < -0.4 is 9.47 Å². The fourth-order valence-corrected chi connectivity index (χ4v) is 6.32. The molecular formula is C27H38INO8Si. The fraction of sp³-hybridized carbons (Fsp3) is 0.630. The van der Waals surface area contributed by atoms with E-state index >= 15 is 0 Å². The minimum Gasteiger partial charge on any atom is -0.454 e. The minimum absolute atomic E-state index is 0.0750. The van der Waals surface area contributed by atoms with Gasteiger partial charge in [0.05, 0.1) is 17.7 Å². The molecule has 2 heterocycles. The monoisotopic (exact) mass is 659 g/mol. The number of imide groups is 1. The smallest absolute Gasteiger partial charge is 0.417 e. The summed E-state index contributed by atoms with van der Waals surface area (Å²) in [6.07, 6.45) is 1.39. The van der Waals surface area contributed by atoms with Crippen LogP contribution in [0.5, 0.6) is 11.5 Å². The maximum atomic E-state index is 14.1. The Labute approximate surface area is 239 Å². The van der Waals surface area contributed by atoms with Crippen molar-refractivity contribution in [3.63, 3.8) is 0 Å². The van der Waals surface area contributed by atoms with Crippen LogP contribution in [0, 0.1) is 3.57 Å². The van der Waals surface area contributed by atoms with E-state index in [0.717, 1.165) is 4.90 Å². The molecule has 1 aromatic carbocycles. The molecule has 1 aromatic rings. The first kappa shape index (κ1) is 29.3. The van der Waals surface area contributed by atoms with E-state index in [1.807, 2.05) is 26.0 Å². The van der Waals surface area contributed by atoms with Gasteiger partial charge in [-0.1, -0.05) is 26.0 Å². The first-order chi connectivity index (χ1) is 17.5. The van der Waals surface area contributed by atoms with Crippen LogP contribution >= 0.6 is 22.6 Å². The molecule has 0 spiro atoms. The quantitative estimate of drug-likeness (QED) is 0.221. The summed E-state index contributed by atoms with van der Waals surface area (Å²) in [6.45, 7) is 17.7. The van der Waals surface area contributed by atoms with Crippen molar-refractivity contribution in [2.24, 2.45) is 0 Å². The predicted molar refractivity (Wildman–Crippen MR) is 152 cm³/mol. The zero-order valence-corrected chi connectivity index (χ0v) is 26.7. The zero-order valence-electron chi connectivity index (χ0n) is 23.5. The van der Waals surface area contributed by atoms with E-state index in [2.05, 4.69) is 49.5 Å². The van der Waals surface area contributed by atoms with Crippen LogP contribution in [0.4, 0.5) is 4.79 Å². The number of ether oxygens (including phenoxy) is 5. The van der Waals surface area contributed by atoms with Crippen LogP contribution in [0.15, 0.2) is 24.3 Å². The molecule has 1 saturated heterocycles. The van der Waals surface area contributed by atoms with E-state index < -0.39 is 50.0 Å². The molecule has 210 valence electrons. The van der Waals surface area contributed by atoms with Crippen LogP contribution in [0.2, 0.25) is 18.6 Å². The highest BCUT2D eigenvalue weighted by molar-refractivity contribution is 14.1. The summed E-state index contributed by atoms with van der Waals surface area (Å²) in [6, 6.07) is 2.55. The highest BCUT2D eigenvalue weighted by Gasteiger charge is 2.54. The van der Waals surface area contributed by atoms with Crippen molar-refractivity contribution in [2.75, 3.05) is 6.79 Å². The van der Waals surface area contributed by atoms with Gasteiger partial charge in [0.15, 0.2) is 25.6 Å². The topological polar surface area (TPSA) is 92.8 Å². The van der Waals surface area contributed by atoms with Gasteiger partial charge in [0.25, 0.3) is 5.91 Å². The van der Waals surface area contributed by atoms with Crippen molar-refractivity contribution < 1.29 is 37.7 Å². The zero-order chi connectivity index (χ0) is 28.2. The molecule has 9 nitrogen and oxygen atoms in total. The molecule has 0 aromatic heterocycles. The van der Waals surface area contributed by atoms with Gasteiger partial charge in [-0.3, -0.25) is 4.79 Å². The molecule has 3 aliphatic rings. The van der Waals surface area contributed by atoms with E-state index in [1.54, 1.807) is 32.9 Å². The molecule has 38 heavy (non-hydrogen) atoms. The second-order valence-electron chi connectivity index (χ2n) is 12.1. The minimum atomic E-state index is -2.05. The van der Waals surface area contributed by atoms with Gasteiger partial charge in [-0.15, -0.1) is 0 Å². The molecule has 1 fully saturated rings. The molecule has 0 bridgehead atoms. The number of hydrogen-bond donors (Lipinski definition) is 0. The van der Waals surface area contributed by atoms with Crippen LogP contribution in [-0.2, 0) is 18.6 Å². The number of fused-ring (bicyclic) bond motifs is 2. The van der Waals surface area contributed by atoms with E-state index in [9.17, 15) is 9.59 Å². The number of amides is 2. The lowest BCUT2D eigenvalue weighted by atomic mass is 9.93. The van der Waals surface area contributed by atoms with Gasteiger partial charge in [0, 0.05) is 3.57 Å². The van der Waals surface area contributed by atoms with E-state index in [0.29, 0.717) is 26.2 Å². The Hall–Kier alpha value is -1.67. The molecule has 0 N–H and O–H groups in total. The standard InChI is InChI=1S/C27H38INO8Si/c1-15(2)38(8,9)37-19-11-10-18(22-23(19)35-27(6,7)34-22)29(25(31)36-26(3,4)5)24(30)16-12-20-21(13-17(16)28)33-14-32-20/h10-13,15,18-19,22-23H,14H2,1-9H3/t18-,19+,22+,23-/m1/s1. The summed E-state index contributed by atoms with van der Waals surface area (Å²) in [5.74, 6) is -0.454. The summed E-state index contributed by atoms with van der Waals surface area (Å²) in [4.78, 5) is 28.9. The number of benzene rings is 1. The lowest BCUT2D eigenvalue weighted by Crippen LogP contribution is -2.58. The van der Waals surface area contributed by atoms with E-state index in [4.69, 9.17) is 28.1 Å². The lowest BCUT2D eigenvalue weighted by Gasteiger charge is -2.41. The van der Waals surface area contributed by atoms with Gasteiger partial charge >= 0.3 is 6.09 Å². The fourth-order valence-electron chi connectivity index (χ4n) is 4.47. The Morgan fingerprint density at radius 2 is 1.68 bits per heavy atom. The third-order valence-electron chi connectivity index (χ3n) is 6.95. The highest BCUT2D eigenvalue weighted by atomic mass is 127. The van der Waals surface area contributed by atoms with Crippen LogP contribution in [0.1, 0.15) is 58.8 Å². The van der Waals surface area contributed by atoms with E-state index in [1.165, 1.54) is 0 Å². The summed E-state index contributed by atoms with van der Waals surface area (Å²) >= 11 is 2.06. The summed E-state index contributed by atoms with van der Waals surface area (Å²) in [5, 5.41) is 0. The van der Waals surface area contributed by atoms with Gasteiger partial charge in [-0.25, -0.2) is 9.69 Å². The Morgan fingerprint density at radius 1 is 1.08 bits per heavy atom. The number of carbonyl (C=O) groups is 2. The van der Waals surface area contributed by atoms with Gasteiger partial charge in [0.2, 0.25) is 6.79 Å². The maximum Gasteiger partial charge on any atom is 0.417 e. The Balaban J connectivity index is 1.75. The average Bonchev–Trinajstić information content (AvgIpc) is 3.35. The van der Waals surface area contributed by atoms with Gasteiger partial charge in [-0.2, -0.15) is 0 Å². The molecular weight excluding hydrogens is 621 g/mol. The molecule has 0 unspecified atom stereocenters. The summed E-state index contributed by atoms with van der Waals surface area (Å²) in [7, 11) is -2.05. The molecule has 4 rings (SSSR count).